The molecule has 1 aliphatic carbocycles. The average molecular weight is 226 g/mol. The molecular weight excluding hydrogens is 200 g/mol. The van der Waals surface area contributed by atoms with Gasteiger partial charge in [0, 0.05) is 6.04 Å². The second-order valence-electron chi connectivity index (χ2n) is 5.61. The standard InChI is InChI=1S/C13H26N2O/c1-15-8-6-11(7-9-15)10-14-12-4-2-3-5-13(12)16/h11-14,16H,2-10H2,1H3/t12-,13-/m1/s1. The molecule has 0 amide bonds. The number of aliphatic hydroxyl groups excluding tert-OH is 1. The molecule has 1 saturated heterocycles. The minimum absolute atomic E-state index is 0.0972. The van der Waals surface area contributed by atoms with E-state index >= 15 is 0 Å². The molecule has 2 fully saturated rings. The number of aliphatic hydroxyl groups is 1. The van der Waals surface area contributed by atoms with Crippen molar-refractivity contribution >= 4 is 0 Å². The van der Waals surface area contributed by atoms with Gasteiger partial charge in [0.05, 0.1) is 6.10 Å². The molecule has 2 atom stereocenters. The summed E-state index contributed by atoms with van der Waals surface area (Å²) in [5.74, 6) is 0.824. The highest BCUT2D eigenvalue weighted by Crippen LogP contribution is 2.20. The van der Waals surface area contributed by atoms with E-state index in [4.69, 9.17) is 0 Å². The van der Waals surface area contributed by atoms with Crippen molar-refractivity contribution in [2.45, 2.75) is 50.7 Å². The van der Waals surface area contributed by atoms with Crippen LogP contribution in [0.2, 0.25) is 0 Å². The van der Waals surface area contributed by atoms with Crippen LogP contribution in [0.3, 0.4) is 0 Å². The van der Waals surface area contributed by atoms with Gasteiger partial charge in [-0.25, -0.2) is 0 Å². The number of nitrogens with zero attached hydrogens (tertiary/aromatic N) is 1. The Balaban J connectivity index is 1.66. The molecule has 1 aliphatic heterocycles. The SMILES string of the molecule is CN1CCC(CN[C@@H]2CCCC[C@H]2O)CC1. The quantitative estimate of drug-likeness (QED) is 0.759. The van der Waals surface area contributed by atoms with E-state index < -0.39 is 0 Å². The third-order valence-corrected chi connectivity index (χ3v) is 4.24. The summed E-state index contributed by atoms with van der Waals surface area (Å²) in [4.78, 5) is 2.41. The van der Waals surface area contributed by atoms with Gasteiger partial charge in [-0.1, -0.05) is 12.8 Å². The molecule has 16 heavy (non-hydrogen) atoms. The topological polar surface area (TPSA) is 35.5 Å². The summed E-state index contributed by atoms with van der Waals surface area (Å²) in [6.45, 7) is 3.58. The normalized spacial score (nSPS) is 34.1. The first-order chi connectivity index (χ1) is 7.75. The van der Waals surface area contributed by atoms with Crippen LogP contribution in [-0.4, -0.2) is 48.8 Å². The summed E-state index contributed by atoms with van der Waals surface area (Å²) in [7, 11) is 2.20. The Bertz CT molecular complexity index is 202. The second kappa shape index (κ2) is 5.99. The highest BCUT2D eigenvalue weighted by atomic mass is 16.3. The van der Waals surface area contributed by atoms with Crippen molar-refractivity contribution < 1.29 is 5.11 Å². The summed E-state index contributed by atoms with van der Waals surface area (Å²) in [5.41, 5.74) is 0. The lowest BCUT2D eigenvalue weighted by Gasteiger charge is -2.33. The van der Waals surface area contributed by atoms with Gasteiger partial charge in [0.15, 0.2) is 0 Å². The van der Waals surface area contributed by atoms with Crippen molar-refractivity contribution in [3.8, 4) is 0 Å². The van der Waals surface area contributed by atoms with Gasteiger partial charge < -0.3 is 15.3 Å². The van der Waals surface area contributed by atoms with E-state index in [2.05, 4.69) is 17.3 Å². The van der Waals surface area contributed by atoms with Crippen molar-refractivity contribution in [2.24, 2.45) is 5.92 Å². The van der Waals surface area contributed by atoms with Crippen LogP contribution in [0.15, 0.2) is 0 Å². The lowest BCUT2D eigenvalue weighted by Crippen LogP contribution is -2.45. The molecule has 3 nitrogen and oxygen atoms in total. The first-order valence-electron chi connectivity index (χ1n) is 6.85. The van der Waals surface area contributed by atoms with Gasteiger partial charge in [0.25, 0.3) is 0 Å². The zero-order valence-corrected chi connectivity index (χ0v) is 10.5. The second-order valence-corrected chi connectivity index (χ2v) is 5.61. The van der Waals surface area contributed by atoms with Crippen molar-refractivity contribution in [3.63, 3.8) is 0 Å². The molecule has 1 heterocycles. The molecule has 3 heteroatoms. The summed E-state index contributed by atoms with van der Waals surface area (Å²) < 4.78 is 0. The van der Waals surface area contributed by atoms with Crippen LogP contribution in [0.5, 0.6) is 0 Å². The van der Waals surface area contributed by atoms with Crippen LogP contribution in [0.1, 0.15) is 38.5 Å². The third-order valence-electron chi connectivity index (χ3n) is 4.24. The molecule has 0 unspecified atom stereocenters. The van der Waals surface area contributed by atoms with E-state index in [0.717, 1.165) is 25.3 Å². The maximum Gasteiger partial charge on any atom is 0.0693 e. The third kappa shape index (κ3) is 3.44. The number of likely N-dealkylation sites (tertiary alicyclic amines) is 1. The minimum atomic E-state index is -0.0972. The van der Waals surface area contributed by atoms with Crippen LogP contribution in [0.4, 0.5) is 0 Å². The summed E-state index contributed by atoms with van der Waals surface area (Å²) in [6, 6.07) is 0.369. The van der Waals surface area contributed by atoms with Crippen molar-refractivity contribution in [1.29, 1.82) is 0 Å². The summed E-state index contributed by atoms with van der Waals surface area (Å²) in [5, 5.41) is 13.5. The Morgan fingerprint density at radius 1 is 1.12 bits per heavy atom. The number of hydrogen-bond donors (Lipinski definition) is 2. The largest absolute Gasteiger partial charge is 0.392 e. The molecule has 2 N–H and O–H groups in total. The van der Waals surface area contributed by atoms with Gasteiger partial charge in [-0.3, -0.25) is 0 Å². The number of rotatable bonds is 3. The number of hydrogen-bond acceptors (Lipinski definition) is 3. The maximum absolute atomic E-state index is 9.87. The predicted molar refractivity (Wildman–Crippen MR) is 66.5 cm³/mol. The Kier molecular flexibility index (Phi) is 4.62. The molecule has 0 aromatic heterocycles. The molecule has 0 aromatic carbocycles. The predicted octanol–water partition coefficient (Wildman–Crippen LogP) is 1.22. The zero-order chi connectivity index (χ0) is 11.4. The highest BCUT2D eigenvalue weighted by molar-refractivity contribution is 4.82. The Morgan fingerprint density at radius 3 is 2.50 bits per heavy atom. The van der Waals surface area contributed by atoms with Gasteiger partial charge >= 0.3 is 0 Å². The van der Waals surface area contributed by atoms with Crippen LogP contribution in [0, 0.1) is 5.92 Å². The van der Waals surface area contributed by atoms with Crippen molar-refractivity contribution in [3.05, 3.63) is 0 Å². The molecule has 0 aromatic rings. The maximum atomic E-state index is 9.87. The monoisotopic (exact) mass is 226 g/mol. The van der Waals surface area contributed by atoms with Gasteiger partial charge in [0.1, 0.15) is 0 Å². The fourth-order valence-electron chi connectivity index (χ4n) is 2.93. The van der Waals surface area contributed by atoms with Gasteiger partial charge in [0.2, 0.25) is 0 Å². The van der Waals surface area contributed by atoms with Crippen molar-refractivity contribution in [2.75, 3.05) is 26.7 Å². The van der Waals surface area contributed by atoms with E-state index in [1.807, 2.05) is 0 Å². The lowest BCUT2D eigenvalue weighted by atomic mass is 9.91. The summed E-state index contributed by atoms with van der Waals surface area (Å²) >= 11 is 0. The van der Waals surface area contributed by atoms with E-state index in [-0.39, 0.29) is 6.10 Å². The van der Waals surface area contributed by atoms with Crippen LogP contribution >= 0.6 is 0 Å². The van der Waals surface area contributed by atoms with E-state index in [1.54, 1.807) is 0 Å². The van der Waals surface area contributed by atoms with Gasteiger partial charge in [-0.15, -0.1) is 0 Å². The fourth-order valence-corrected chi connectivity index (χ4v) is 2.93. The molecule has 0 radical (unpaired) electrons. The Morgan fingerprint density at radius 2 is 1.81 bits per heavy atom. The zero-order valence-electron chi connectivity index (χ0n) is 10.5. The smallest absolute Gasteiger partial charge is 0.0693 e. The number of piperidine rings is 1. The first kappa shape index (κ1) is 12.3. The van der Waals surface area contributed by atoms with Crippen LogP contribution < -0.4 is 5.32 Å². The number of nitrogens with one attached hydrogen (secondary N) is 1. The molecule has 1 saturated carbocycles. The van der Waals surface area contributed by atoms with E-state index in [1.165, 1.54) is 38.8 Å². The average Bonchev–Trinajstić information content (AvgIpc) is 2.30. The van der Waals surface area contributed by atoms with Crippen LogP contribution in [0.25, 0.3) is 0 Å². The highest BCUT2D eigenvalue weighted by Gasteiger charge is 2.24. The molecule has 94 valence electrons. The van der Waals surface area contributed by atoms with E-state index in [0.29, 0.717) is 6.04 Å². The van der Waals surface area contributed by atoms with Gasteiger partial charge in [-0.05, 0) is 58.3 Å². The molecule has 2 rings (SSSR count). The molecule has 0 bridgehead atoms. The first-order valence-corrected chi connectivity index (χ1v) is 6.85. The molecular formula is C13H26N2O. The lowest BCUT2D eigenvalue weighted by molar-refractivity contribution is 0.0861. The Labute approximate surface area is 99.2 Å². The van der Waals surface area contributed by atoms with E-state index in [9.17, 15) is 5.11 Å². The fraction of sp³-hybridized carbons (Fsp3) is 1.00. The molecule has 2 aliphatic rings. The Hall–Kier alpha value is -0.120. The molecule has 0 spiro atoms. The van der Waals surface area contributed by atoms with Crippen LogP contribution in [-0.2, 0) is 0 Å². The minimum Gasteiger partial charge on any atom is -0.392 e. The van der Waals surface area contributed by atoms with Gasteiger partial charge in [-0.2, -0.15) is 0 Å². The van der Waals surface area contributed by atoms with Crippen molar-refractivity contribution in [1.82, 2.24) is 10.2 Å². The summed E-state index contributed by atoms with van der Waals surface area (Å²) in [6.07, 6.45) is 7.16.